The number of aromatic nitrogens is 1. The summed E-state index contributed by atoms with van der Waals surface area (Å²) in [5.41, 5.74) is 2.18. The largest absolute Gasteiger partial charge is 0.379 e. The summed E-state index contributed by atoms with van der Waals surface area (Å²) in [4.78, 5) is 7.12. The highest BCUT2D eigenvalue weighted by molar-refractivity contribution is 14.0. The SMILES string of the molecule is CCNC(=NCc1cc(C(C)C)no1)NCC(c1ccc(Cl)cc1)N1CCOCC1.I. The molecule has 0 spiro atoms. The summed E-state index contributed by atoms with van der Waals surface area (Å²) in [6.07, 6.45) is 0. The van der Waals surface area contributed by atoms with Crippen LogP contribution in [-0.2, 0) is 11.3 Å². The zero-order valence-electron chi connectivity index (χ0n) is 18.4. The van der Waals surface area contributed by atoms with Crippen molar-refractivity contribution < 1.29 is 9.26 Å². The highest BCUT2D eigenvalue weighted by atomic mass is 127. The summed E-state index contributed by atoms with van der Waals surface area (Å²) in [5.74, 6) is 1.86. The molecule has 1 aliphatic heterocycles. The van der Waals surface area contributed by atoms with Gasteiger partial charge in [0.15, 0.2) is 11.7 Å². The third kappa shape index (κ3) is 7.93. The molecule has 1 aromatic carbocycles. The van der Waals surface area contributed by atoms with Crippen LogP contribution in [0.1, 0.15) is 49.7 Å². The minimum atomic E-state index is 0. The number of guanidine groups is 1. The van der Waals surface area contributed by atoms with Crippen molar-refractivity contribution in [3.05, 3.63) is 52.4 Å². The summed E-state index contributed by atoms with van der Waals surface area (Å²) < 4.78 is 10.9. The van der Waals surface area contributed by atoms with Crippen LogP contribution in [0, 0.1) is 0 Å². The molecule has 7 nitrogen and oxygen atoms in total. The lowest BCUT2D eigenvalue weighted by molar-refractivity contribution is 0.0170. The van der Waals surface area contributed by atoms with Gasteiger partial charge in [0.1, 0.15) is 6.54 Å². The molecule has 2 N–H and O–H groups in total. The Balaban J connectivity index is 0.00000341. The van der Waals surface area contributed by atoms with Gasteiger partial charge >= 0.3 is 0 Å². The van der Waals surface area contributed by atoms with Gasteiger partial charge in [-0.1, -0.05) is 42.7 Å². The van der Waals surface area contributed by atoms with E-state index in [1.165, 1.54) is 5.56 Å². The first kappa shape index (κ1) is 25.9. The van der Waals surface area contributed by atoms with Gasteiger partial charge < -0.3 is 19.9 Å². The van der Waals surface area contributed by atoms with E-state index in [2.05, 4.69) is 58.6 Å². The highest BCUT2D eigenvalue weighted by Crippen LogP contribution is 2.23. The van der Waals surface area contributed by atoms with Crippen LogP contribution in [0.4, 0.5) is 0 Å². The molecule has 1 fully saturated rings. The third-order valence-electron chi connectivity index (χ3n) is 5.11. The predicted octanol–water partition coefficient (Wildman–Crippen LogP) is 4.20. The molecule has 1 saturated heterocycles. The van der Waals surface area contributed by atoms with Gasteiger partial charge in [-0.2, -0.15) is 0 Å². The summed E-state index contributed by atoms with van der Waals surface area (Å²) in [7, 11) is 0. The standard InChI is InChI=1S/C22H32ClN5O2.HI/c1-4-24-22(25-14-19-13-20(16(2)3)27-30-19)26-15-21(28-9-11-29-12-10-28)17-5-7-18(23)8-6-17;/h5-8,13,16,21H,4,9-12,14-15H2,1-3H3,(H2,24,25,26);1H. The quantitative estimate of drug-likeness (QED) is 0.286. The maximum Gasteiger partial charge on any atom is 0.191 e. The highest BCUT2D eigenvalue weighted by Gasteiger charge is 2.23. The molecule has 172 valence electrons. The van der Waals surface area contributed by atoms with E-state index in [4.69, 9.17) is 20.9 Å². The molecule has 0 amide bonds. The monoisotopic (exact) mass is 561 g/mol. The van der Waals surface area contributed by atoms with Crippen LogP contribution in [-0.4, -0.2) is 55.4 Å². The topological polar surface area (TPSA) is 74.9 Å². The van der Waals surface area contributed by atoms with Gasteiger partial charge in [-0.3, -0.25) is 4.90 Å². The summed E-state index contributed by atoms with van der Waals surface area (Å²) in [5, 5.41) is 11.7. The normalized spacial score (nSPS) is 16.1. The number of halogens is 2. The Kier molecular flexibility index (Phi) is 11.1. The van der Waals surface area contributed by atoms with Crippen LogP contribution in [0.5, 0.6) is 0 Å². The zero-order valence-corrected chi connectivity index (χ0v) is 21.5. The molecule has 0 bridgehead atoms. The predicted molar refractivity (Wildman–Crippen MR) is 135 cm³/mol. The van der Waals surface area contributed by atoms with E-state index in [0.29, 0.717) is 12.5 Å². The molecule has 1 atom stereocenters. The van der Waals surface area contributed by atoms with Crippen LogP contribution < -0.4 is 10.6 Å². The van der Waals surface area contributed by atoms with Crippen LogP contribution >= 0.6 is 35.6 Å². The fraction of sp³-hybridized carbons (Fsp3) is 0.545. The number of nitrogens with zero attached hydrogens (tertiary/aromatic N) is 3. The van der Waals surface area contributed by atoms with Crippen molar-refractivity contribution in [2.45, 2.75) is 39.3 Å². The van der Waals surface area contributed by atoms with Gasteiger partial charge in [-0.15, -0.1) is 24.0 Å². The molecule has 1 aromatic heterocycles. The first-order valence-corrected chi connectivity index (χ1v) is 11.0. The van der Waals surface area contributed by atoms with E-state index in [9.17, 15) is 0 Å². The van der Waals surface area contributed by atoms with E-state index < -0.39 is 0 Å². The van der Waals surface area contributed by atoms with Gasteiger partial charge in [0.2, 0.25) is 0 Å². The second-order valence-electron chi connectivity index (χ2n) is 7.66. The lowest BCUT2D eigenvalue weighted by Crippen LogP contribution is -2.46. The molecule has 2 heterocycles. The molecule has 31 heavy (non-hydrogen) atoms. The van der Waals surface area contributed by atoms with Gasteiger partial charge in [-0.25, -0.2) is 4.99 Å². The average molecular weight is 562 g/mol. The van der Waals surface area contributed by atoms with E-state index >= 15 is 0 Å². The number of rotatable bonds is 8. The van der Waals surface area contributed by atoms with Crippen LogP contribution in [0.3, 0.4) is 0 Å². The van der Waals surface area contributed by atoms with Crippen LogP contribution in [0.2, 0.25) is 5.02 Å². The van der Waals surface area contributed by atoms with Crippen LogP contribution in [0.25, 0.3) is 0 Å². The Labute approximate surface area is 207 Å². The molecule has 0 saturated carbocycles. The fourth-order valence-corrected chi connectivity index (χ4v) is 3.53. The maximum absolute atomic E-state index is 6.10. The molecule has 0 radical (unpaired) electrons. The van der Waals surface area contributed by atoms with E-state index in [0.717, 1.165) is 61.8 Å². The number of aliphatic imine (C=N–C) groups is 1. The number of benzene rings is 1. The van der Waals surface area contributed by atoms with Crippen molar-refractivity contribution >= 4 is 41.5 Å². The van der Waals surface area contributed by atoms with Gasteiger partial charge in [-0.05, 0) is 30.5 Å². The molecule has 3 rings (SSSR count). The molecule has 1 aliphatic rings. The molecule has 9 heteroatoms. The van der Waals surface area contributed by atoms with Crippen molar-refractivity contribution in [3.8, 4) is 0 Å². The Morgan fingerprint density at radius 3 is 2.52 bits per heavy atom. The van der Waals surface area contributed by atoms with Crippen molar-refractivity contribution in [2.24, 2.45) is 4.99 Å². The molecule has 0 aliphatic carbocycles. The fourth-order valence-electron chi connectivity index (χ4n) is 3.40. The van der Waals surface area contributed by atoms with Crippen molar-refractivity contribution in [1.29, 1.82) is 0 Å². The third-order valence-corrected chi connectivity index (χ3v) is 5.36. The lowest BCUT2D eigenvalue weighted by Gasteiger charge is -2.35. The minimum Gasteiger partial charge on any atom is -0.379 e. The Hall–Kier alpha value is -1.36. The lowest BCUT2D eigenvalue weighted by atomic mass is 10.0. The van der Waals surface area contributed by atoms with Crippen molar-refractivity contribution in [3.63, 3.8) is 0 Å². The Bertz CT molecular complexity index is 806. The number of hydrogen-bond acceptors (Lipinski definition) is 5. The number of ether oxygens (including phenoxy) is 1. The summed E-state index contributed by atoms with van der Waals surface area (Å²) >= 11 is 6.10. The van der Waals surface area contributed by atoms with Gasteiger partial charge in [0, 0.05) is 37.3 Å². The second kappa shape index (κ2) is 13.2. The first-order valence-electron chi connectivity index (χ1n) is 10.6. The van der Waals surface area contributed by atoms with Gasteiger partial charge in [0.25, 0.3) is 0 Å². The number of morpholine rings is 1. The Morgan fingerprint density at radius 2 is 1.90 bits per heavy atom. The molecule has 2 aromatic rings. The van der Waals surface area contributed by atoms with Gasteiger partial charge in [0.05, 0.1) is 24.9 Å². The zero-order chi connectivity index (χ0) is 21.3. The summed E-state index contributed by atoms with van der Waals surface area (Å²) in [6, 6.07) is 10.3. The van der Waals surface area contributed by atoms with E-state index in [1.807, 2.05) is 18.2 Å². The van der Waals surface area contributed by atoms with Crippen molar-refractivity contribution in [1.82, 2.24) is 20.7 Å². The second-order valence-corrected chi connectivity index (χ2v) is 8.10. The first-order chi connectivity index (χ1) is 14.6. The minimum absolute atomic E-state index is 0. The maximum atomic E-state index is 6.10. The van der Waals surface area contributed by atoms with E-state index in [1.54, 1.807) is 0 Å². The molecular formula is C22H33ClIN5O2. The number of nitrogens with one attached hydrogen (secondary N) is 2. The molecular weight excluding hydrogens is 529 g/mol. The van der Waals surface area contributed by atoms with Crippen LogP contribution in [0.15, 0.2) is 39.8 Å². The Morgan fingerprint density at radius 1 is 1.19 bits per heavy atom. The smallest absolute Gasteiger partial charge is 0.191 e. The molecule has 1 unspecified atom stereocenters. The average Bonchev–Trinajstić information content (AvgIpc) is 3.23. The van der Waals surface area contributed by atoms with Crippen molar-refractivity contribution in [2.75, 3.05) is 39.4 Å². The van der Waals surface area contributed by atoms with E-state index in [-0.39, 0.29) is 30.0 Å². The summed E-state index contributed by atoms with van der Waals surface area (Å²) in [6.45, 7) is 11.5. The number of hydrogen-bond donors (Lipinski definition) is 2.